The van der Waals surface area contributed by atoms with Crippen LogP contribution in [0.4, 0.5) is 11.5 Å². The van der Waals surface area contributed by atoms with E-state index in [1.807, 2.05) is 42.6 Å². The number of anilines is 2. The Morgan fingerprint density at radius 1 is 0.960 bits per heavy atom. The molecule has 0 atom stereocenters. The highest BCUT2D eigenvalue weighted by Gasteiger charge is 2.18. The lowest BCUT2D eigenvalue weighted by molar-refractivity contribution is 0.112. The van der Waals surface area contributed by atoms with Crippen molar-refractivity contribution in [2.75, 3.05) is 36.0 Å². The standard InChI is InChI=1S/C20H19N3O2/c24-14-18-17-6-5-16(13-15(17)4-7-19(18)25)22-9-11-23(12-10-22)20-3-1-2-8-21-20/h1-8,13-14,25H,9-12H2. The van der Waals surface area contributed by atoms with Crippen LogP contribution in [-0.4, -0.2) is 42.6 Å². The number of hydrogen-bond donors (Lipinski definition) is 1. The number of carbonyl (C=O) groups is 1. The molecule has 126 valence electrons. The van der Waals surface area contributed by atoms with Gasteiger partial charge >= 0.3 is 0 Å². The SMILES string of the molecule is O=Cc1c(O)ccc2cc(N3CCN(c4ccccn4)CC3)ccc12. The average molecular weight is 333 g/mol. The summed E-state index contributed by atoms with van der Waals surface area (Å²) in [5, 5.41) is 11.6. The van der Waals surface area contributed by atoms with Gasteiger partial charge in [0.2, 0.25) is 0 Å². The van der Waals surface area contributed by atoms with Gasteiger partial charge in [-0.25, -0.2) is 4.98 Å². The highest BCUT2D eigenvalue weighted by atomic mass is 16.3. The fourth-order valence-electron chi connectivity index (χ4n) is 3.38. The molecule has 0 aliphatic carbocycles. The molecule has 1 N–H and O–H groups in total. The van der Waals surface area contributed by atoms with Crippen LogP contribution in [-0.2, 0) is 0 Å². The molecule has 1 aliphatic heterocycles. The molecule has 0 unspecified atom stereocenters. The molecule has 0 saturated carbocycles. The number of pyridine rings is 1. The second kappa shape index (κ2) is 6.43. The third-order valence-electron chi connectivity index (χ3n) is 4.76. The van der Waals surface area contributed by atoms with Gasteiger partial charge in [0.05, 0.1) is 5.56 Å². The zero-order chi connectivity index (χ0) is 17.2. The maximum atomic E-state index is 11.2. The topological polar surface area (TPSA) is 56.7 Å². The van der Waals surface area contributed by atoms with Crippen molar-refractivity contribution >= 4 is 28.6 Å². The van der Waals surface area contributed by atoms with E-state index in [1.165, 1.54) is 0 Å². The maximum Gasteiger partial charge on any atom is 0.154 e. The van der Waals surface area contributed by atoms with Crippen LogP contribution in [0.25, 0.3) is 10.8 Å². The highest BCUT2D eigenvalue weighted by molar-refractivity contribution is 6.01. The second-order valence-electron chi connectivity index (χ2n) is 6.18. The lowest BCUT2D eigenvalue weighted by Gasteiger charge is -2.36. The Labute approximate surface area is 146 Å². The lowest BCUT2D eigenvalue weighted by Crippen LogP contribution is -2.46. The van der Waals surface area contributed by atoms with Crippen molar-refractivity contribution in [2.24, 2.45) is 0 Å². The normalized spacial score (nSPS) is 14.7. The van der Waals surface area contributed by atoms with Crippen LogP contribution in [0.2, 0.25) is 0 Å². The number of aldehydes is 1. The fourth-order valence-corrected chi connectivity index (χ4v) is 3.38. The number of hydrogen-bond acceptors (Lipinski definition) is 5. The molecule has 0 bridgehead atoms. The third-order valence-corrected chi connectivity index (χ3v) is 4.76. The number of fused-ring (bicyclic) bond motifs is 1. The number of aromatic nitrogens is 1. The first-order valence-electron chi connectivity index (χ1n) is 8.38. The van der Waals surface area contributed by atoms with Gasteiger partial charge in [0, 0.05) is 38.1 Å². The highest BCUT2D eigenvalue weighted by Crippen LogP contribution is 2.29. The van der Waals surface area contributed by atoms with E-state index in [9.17, 15) is 9.90 Å². The van der Waals surface area contributed by atoms with Gasteiger partial charge in [-0.1, -0.05) is 18.2 Å². The number of phenolic OH excluding ortho intramolecular Hbond substituents is 1. The van der Waals surface area contributed by atoms with Gasteiger partial charge < -0.3 is 14.9 Å². The van der Waals surface area contributed by atoms with Gasteiger partial charge in [0.25, 0.3) is 0 Å². The monoisotopic (exact) mass is 333 g/mol. The molecule has 4 rings (SSSR count). The largest absolute Gasteiger partial charge is 0.507 e. The van der Waals surface area contributed by atoms with Crippen molar-refractivity contribution in [3.8, 4) is 5.75 Å². The van der Waals surface area contributed by atoms with E-state index in [2.05, 4.69) is 20.9 Å². The Morgan fingerprint density at radius 3 is 2.48 bits per heavy atom. The molecule has 0 radical (unpaired) electrons. The predicted octanol–water partition coefficient (Wildman–Crippen LogP) is 3.08. The summed E-state index contributed by atoms with van der Waals surface area (Å²) in [5.41, 5.74) is 1.49. The van der Waals surface area contributed by atoms with Gasteiger partial charge in [-0.2, -0.15) is 0 Å². The van der Waals surface area contributed by atoms with E-state index < -0.39 is 0 Å². The van der Waals surface area contributed by atoms with Crippen molar-refractivity contribution in [2.45, 2.75) is 0 Å². The van der Waals surface area contributed by atoms with Crippen LogP contribution in [0.15, 0.2) is 54.7 Å². The Hall–Kier alpha value is -3.08. The maximum absolute atomic E-state index is 11.2. The van der Waals surface area contributed by atoms with Crippen molar-refractivity contribution in [1.82, 2.24) is 4.98 Å². The Balaban J connectivity index is 1.55. The Bertz CT molecular complexity index is 903. The summed E-state index contributed by atoms with van der Waals surface area (Å²) in [6.07, 6.45) is 2.54. The van der Waals surface area contributed by atoms with E-state index >= 15 is 0 Å². The average Bonchev–Trinajstić information content (AvgIpc) is 2.68. The number of aromatic hydroxyl groups is 1. The second-order valence-corrected chi connectivity index (χ2v) is 6.18. The summed E-state index contributed by atoms with van der Waals surface area (Å²) in [6.45, 7) is 3.68. The van der Waals surface area contributed by atoms with Crippen LogP contribution in [0.1, 0.15) is 10.4 Å². The Kier molecular flexibility index (Phi) is 3.98. The lowest BCUT2D eigenvalue weighted by atomic mass is 10.0. The summed E-state index contributed by atoms with van der Waals surface area (Å²) >= 11 is 0. The molecular formula is C20H19N3O2. The van der Waals surface area contributed by atoms with Crippen molar-refractivity contribution < 1.29 is 9.90 Å². The summed E-state index contributed by atoms with van der Waals surface area (Å²) in [5.74, 6) is 1.05. The molecule has 3 aromatic rings. The van der Waals surface area contributed by atoms with Crippen molar-refractivity contribution in [3.05, 3.63) is 60.3 Å². The number of rotatable bonds is 3. The van der Waals surface area contributed by atoms with E-state index in [0.29, 0.717) is 11.8 Å². The zero-order valence-electron chi connectivity index (χ0n) is 13.8. The first-order valence-corrected chi connectivity index (χ1v) is 8.38. The number of carbonyl (C=O) groups excluding carboxylic acids is 1. The van der Waals surface area contributed by atoms with Gasteiger partial charge in [0.15, 0.2) is 6.29 Å². The molecule has 5 heteroatoms. The summed E-state index contributed by atoms with van der Waals surface area (Å²) in [4.78, 5) is 20.3. The fraction of sp³-hybridized carbons (Fsp3) is 0.200. The van der Waals surface area contributed by atoms with Crippen LogP contribution in [0, 0.1) is 0 Å². The van der Waals surface area contributed by atoms with Gasteiger partial charge in [-0.3, -0.25) is 4.79 Å². The summed E-state index contributed by atoms with van der Waals surface area (Å²) in [6, 6.07) is 15.4. The minimum absolute atomic E-state index is 0.0271. The molecule has 1 fully saturated rings. The summed E-state index contributed by atoms with van der Waals surface area (Å²) < 4.78 is 0. The van der Waals surface area contributed by atoms with E-state index in [-0.39, 0.29) is 5.75 Å². The van der Waals surface area contributed by atoms with Crippen LogP contribution in [0.5, 0.6) is 5.75 Å². The number of piperazine rings is 1. The zero-order valence-corrected chi connectivity index (χ0v) is 13.8. The number of phenols is 1. The van der Waals surface area contributed by atoms with Crippen molar-refractivity contribution in [3.63, 3.8) is 0 Å². The van der Waals surface area contributed by atoms with Gasteiger partial charge in [-0.05, 0) is 41.1 Å². The van der Waals surface area contributed by atoms with Gasteiger partial charge in [-0.15, -0.1) is 0 Å². The smallest absolute Gasteiger partial charge is 0.154 e. The summed E-state index contributed by atoms with van der Waals surface area (Å²) in [7, 11) is 0. The Morgan fingerprint density at radius 2 is 1.76 bits per heavy atom. The quantitative estimate of drug-likeness (QED) is 0.747. The molecule has 5 nitrogen and oxygen atoms in total. The molecule has 2 heterocycles. The molecule has 0 amide bonds. The molecular weight excluding hydrogens is 314 g/mol. The van der Waals surface area contributed by atoms with Crippen molar-refractivity contribution in [1.29, 1.82) is 0 Å². The number of nitrogens with zero attached hydrogens (tertiary/aromatic N) is 3. The number of benzene rings is 2. The predicted molar refractivity (Wildman–Crippen MR) is 99.7 cm³/mol. The van der Waals surface area contributed by atoms with E-state index in [0.717, 1.165) is 48.5 Å². The van der Waals surface area contributed by atoms with E-state index in [1.54, 1.807) is 6.07 Å². The molecule has 1 saturated heterocycles. The first kappa shape index (κ1) is 15.4. The van der Waals surface area contributed by atoms with Crippen LogP contribution in [0.3, 0.4) is 0 Å². The minimum Gasteiger partial charge on any atom is -0.507 e. The first-order chi connectivity index (χ1) is 12.3. The van der Waals surface area contributed by atoms with Crippen LogP contribution >= 0.6 is 0 Å². The van der Waals surface area contributed by atoms with Gasteiger partial charge in [0.1, 0.15) is 11.6 Å². The molecule has 1 aliphatic rings. The molecule has 25 heavy (non-hydrogen) atoms. The van der Waals surface area contributed by atoms with E-state index in [4.69, 9.17) is 0 Å². The molecule has 1 aromatic heterocycles. The molecule has 2 aromatic carbocycles. The third kappa shape index (κ3) is 2.89. The van der Waals surface area contributed by atoms with Crippen LogP contribution < -0.4 is 9.80 Å². The minimum atomic E-state index is 0.0271. The molecule has 0 spiro atoms.